The van der Waals surface area contributed by atoms with Crippen LogP contribution in [0.4, 0.5) is 5.69 Å². The van der Waals surface area contributed by atoms with Gasteiger partial charge in [-0.15, -0.1) is 0 Å². The van der Waals surface area contributed by atoms with E-state index in [-0.39, 0.29) is 11.5 Å². The fourth-order valence-electron chi connectivity index (χ4n) is 1.97. The number of aromatic nitrogens is 2. The van der Waals surface area contributed by atoms with Gasteiger partial charge in [-0.25, -0.2) is 0 Å². The quantitative estimate of drug-likeness (QED) is 0.932. The second-order valence-corrected chi connectivity index (χ2v) is 5.47. The van der Waals surface area contributed by atoms with Gasteiger partial charge in [-0.05, 0) is 34.5 Å². The summed E-state index contributed by atoms with van der Waals surface area (Å²) in [5.74, 6) is -0.208. The van der Waals surface area contributed by atoms with Gasteiger partial charge in [0.2, 0.25) is 0 Å². The molecular formula is C14H16BrN3O2. The SMILES string of the molecule is CCCn1cc(NC(=O)c2cc(Br)cn2C)ccc1=O. The Balaban J connectivity index is 2.22. The van der Waals surface area contributed by atoms with Gasteiger partial charge in [0.15, 0.2) is 0 Å². The number of anilines is 1. The van der Waals surface area contributed by atoms with Crippen LogP contribution in [0.5, 0.6) is 0 Å². The molecule has 0 aliphatic heterocycles. The van der Waals surface area contributed by atoms with Crippen LogP contribution in [0.2, 0.25) is 0 Å². The summed E-state index contributed by atoms with van der Waals surface area (Å²) >= 11 is 3.33. The number of carbonyl (C=O) groups excluding carboxylic acids is 1. The Kier molecular flexibility index (Phi) is 4.44. The first-order valence-corrected chi connectivity index (χ1v) is 7.14. The van der Waals surface area contributed by atoms with Gasteiger partial charge in [-0.2, -0.15) is 0 Å². The predicted octanol–water partition coefficient (Wildman–Crippen LogP) is 2.61. The maximum Gasteiger partial charge on any atom is 0.272 e. The molecule has 0 saturated carbocycles. The summed E-state index contributed by atoms with van der Waals surface area (Å²) in [6.07, 6.45) is 4.34. The zero-order valence-electron chi connectivity index (χ0n) is 11.4. The van der Waals surface area contributed by atoms with E-state index in [0.717, 1.165) is 10.9 Å². The average molecular weight is 338 g/mol. The number of pyridine rings is 1. The minimum absolute atomic E-state index is 0.0635. The molecule has 0 saturated heterocycles. The van der Waals surface area contributed by atoms with Crippen molar-refractivity contribution in [1.29, 1.82) is 0 Å². The van der Waals surface area contributed by atoms with E-state index in [1.54, 1.807) is 34.5 Å². The Morgan fingerprint density at radius 3 is 2.70 bits per heavy atom. The topological polar surface area (TPSA) is 56.0 Å². The number of halogens is 1. The van der Waals surface area contributed by atoms with Crippen LogP contribution in [0, 0.1) is 0 Å². The molecule has 0 radical (unpaired) electrons. The number of nitrogens with one attached hydrogen (secondary N) is 1. The van der Waals surface area contributed by atoms with Crippen molar-refractivity contribution in [3.63, 3.8) is 0 Å². The molecule has 1 amide bonds. The molecule has 106 valence electrons. The van der Waals surface area contributed by atoms with Crippen LogP contribution in [0.1, 0.15) is 23.8 Å². The molecule has 2 rings (SSSR count). The number of nitrogens with zero attached hydrogens (tertiary/aromatic N) is 2. The van der Waals surface area contributed by atoms with Gasteiger partial charge in [0, 0.05) is 36.5 Å². The van der Waals surface area contributed by atoms with E-state index in [4.69, 9.17) is 0 Å². The van der Waals surface area contributed by atoms with E-state index >= 15 is 0 Å². The lowest BCUT2D eigenvalue weighted by Gasteiger charge is -2.09. The van der Waals surface area contributed by atoms with Crippen LogP contribution in [0.3, 0.4) is 0 Å². The van der Waals surface area contributed by atoms with Gasteiger partial charge in [0.1, 0.15) is 5.69 Å². The zero-order valence-corrected chi connectivity index (χ0v) is 13.0. The van der Waals surface area contributed by atoms with Crippen LogP contribution >= 0.6 is 15.9 Å². The zero-order chi connectivity index (χ0) is 14.7. The van der Waals surface area contributed by atoms with E-state index in [1.807, 2.05) is 13.1 Å². The molecule has 6 heteroatoms. The first-order valence-electron chi connectivity index (χ1n) is 6.35. The Hall–Kier alpha value is -1.82. The minimum atomic E-state index is -0.208. The van der Waals surface area contributed by atoms with Crippen LogP contribution in [0.25, 0.3) is 0 Å². The lowest BCUT2D eigenvalue weighted by molar-refractivity contribution is 0.101. The second-order valence-electron chi connectivity index (χ2n) is 4.56. The van der Waals surface area contributed by atoms with Gasteiger partial charge >= 0.3 is 0 Å². The molecule has 2 aromatic rings. The summed E-state index contributed by atoms with van der Waals surface area (Å²) in [6, 6.07) is 4.83. The number of carbonyl (C=O) groups is 1. The summed E-state index contributed by atoms with van der Waals surface area (Å²) in [7, 11) is 1.80. The third-order valence-electron chi connectivity index (χ3n) is 2.91. The molecule has 0 aliphatic rings. The van der Waals surface area contributed by atoms with Crippen molar-refractivity contribution < 1.29 is 4.79 Å². The smallest absolute Gasteiger partial charge is 0.272 e. The van der Waals surface area contributed by atoms with E-state index in [9.17, 15) is 9.59 Å². The largest absolute Gasteiger partial charge is 0.345 e. The van der Waals surface area contributed by atoms with E-state index in [1.165, 1.54) is 6.07 Å². The normalized spacial score (nSPS) is 10.6. The van der Waals surface area contributed by atoms with Gasteiger partial charge in [0.05, 0.1) is 5.69 Å². The monoisotopic (exact) mass is 337 g/mol. The lowest BCUT2D eigenvalue weighted by atomic mass is 10.3. The van der Waals surface area contributed by atoms with Crippen molar-refractivity contribution in [3.8, 4) is 0 Å². The van der Waals surface area contributed by atoms with Crippen molar-refractivity contribution in [2.45, 2.75) is 19.9 Å². The standard InChI is InChI=1S/C14H16BrN3O2/c1-3-6-18-9-11(4-5-13(18)19)16-14(20)12-7-10(15)8-17(12)2/h4-5,7-9H,3,6H2,1-2H3,(H,16,20). The van der Waals surface area contributed by atoms with Crippen molar-refractivity contribution in [2.75, 3.05) is 5.32 Å². The van der Waals surface area contributed by atoms with Gasteiger partial charge in [-0.1, -0.05) is 6.92 Å². The third-order valence-corrected chi connectivity index (χ3v) is 3.34. The molecule has 0 fully saturated rings. The number of hydrogen-bond acceptors (Lipinski definition) is 2. The fraction of sp³-hybridized carbons (Fsp3) is 0.286. The van der Waals surface area contributed by atoms with Crippen LogP contribution in [-0.2, 0) is 13.6 Å². The third kappa shape index (κ3) is 3.19. The van der Waals surface area contributed by atoms with E-state index in [0.29, 0.717) is 17.9 Å². The lowest BCUT2D eigenvalue weighted by Crippen LogP contribution is -2.21. The van der Waals surface area contributed by atoms with Crippen LogP contribution in [-0.4, -0.2) is 15.0 Å². The molecule has 0 unspecified atom stereocenters. The molecule has 0 spiro atoms. The van der Waals surface area contributed by atoms with Gasteiger partial charge in [0.25, 0.3) is 11.5 Å². The van der Waals surface area contributed by atoms with Crippen LogP contribution in [0.15, 0.2) is 39.9 Å². The van der Waals surface area contributed by atoms with E-state index < -0.39 is 0 Å². The number of aryl methyl sites for hydroxylation is 2. The van der Waals surface area contributed by atoms with Crippen LogP contribution < -0.4 is 10.9 Å². The molecule has 1 N–H and O–H groups in total. The molecule has 0 bridgehead atoms. The Bertz CT molecular complexity index is 688. The minimum Gasteiger partial charge on any atom is -0.345 e. The highest BCUT2D eigenvalue weighted by molar-refractivity contribution is 9.10. The fourth-order valence-corrected chi connectivity index (χ4v) is 2.49. The highest BCUT2D eigenvalue weighted by Crippen LogP contribution is 2.15. The van der Waals surface area contributed by atoms with Crippen molar-refractivity contribution in [3.05, 3.63) is 51.1 Å². The molecule has 5 nitrogen and oxygen atoms in total. The Labute approximate surface area is 125 Å². The molecule has 0 atom stereocenters. The number of rotatable bonds is 4. The van der Waals surface area contributed by atoms with E-state index in [2.05, 4.69) is 21.2 Å². The highest BCUT2D eigenvalue weighted by Gasteiger charge is 2.11. The second kappa shape index (κ2) is 6.09. The number of hydrogen-bond donors (Lipinski definition) is 1. The maximum absolute atomic E-state index is 12.2. The first-order chi connectivity index (χ1) is 9.51. The summed E-state index contributed by atoms with van der Waals surface area (Å²) in [5.41, 5.74) is 1.09. The predicted molar refractivity (Wildman–Crippen MR) is 82.1 cm³/mol. The Morgan fingerprint density at radius 1 is 1.35 bits per heavy atom. The first kappa shape index (κ1) is 14.6. The van der Waals surface area contributed by atoms with Crippen molar-refractivity contribution >= 4 is 27.5 Å². The Morgan fingerprint density at radius 2 is 2.10 bits per heavy atom. The molecule has 0 aromatic carbocycles. The van der Waals surface area contributed by atoms with Crippen molar-refractivity contribution in [2.24, 2.45) is 7.05 Å². The summed E-state index contributed by atoms with van der Waals surface area (Å²) in [5, 5.41) is 2.80. The molecule has 2 aromatic heterocycles. The summed E-state index contributed by atoms with van der Waals surface area (Å²) in [4.78, 5) is 23.8. The maximum atomic E-state index is 12.2. The van der Waals surface area contributed by atoms with Crippen molar-refractivity contribution in [1.82, 2.24) is 9.13 Å². The molecular weight excluding hydrogens is 322 g/mol. The molecule has 0 aliphatic carbocycles. The van der Waals surface area contributed by atoms with Gasteiger partial charge in [-0.3, -0.25) is 9.59 Å². The highest BCUT2D eigenvalue weighted by atomic mass is 79.9. The average Bonchev–Trinajstić information content (AvgIpc) is 2.73. The summed E-state index contributed by atoms with van der Waals surface area (Å²) < 4.78 is 4.18. The molecule has 2 heterocycles. The summed E-state index contributed by atoms with van der Waals surface area (Å²) in [6.45, 7) is 2.64. The molecule has 20 heavy (non-hydrogen) atoms. The van der Waals surface area contributed by atoms with Gasteiger partial charge < -0.3 is 14.5 Å². The number of amides is 1.